The van der Waals surface area contributed by atoms with Crippen LogP contribution in [0.2, 0.25) is 0 Å². The highest BCUT2D eigenvalue weighted by atomic mass is 32.2. The van der Waals surface area contributed by atoms with Crippen molar-refractivity contribution in [2.24, 2.45) is 0 Å². The van der Waals surface area contributed by atoms with E-state index in [4.69, 9.17) is 0 Å². The molecule has 1 aliphatic carbocycles. The predicted octanol–water partition coefficient (Wildman–Crippen LogP) is 2.50. The smallest absolute Gasteiger partial charge is 0.233 e. The third kappa shape index (κ3) is 3.82. The van der Waals surface area contributed by atoms with Crippen LogP contribution in [0.15, 0.2) is 41.4 Å². The van der Waals surface area contributed by atoms with E-state index < -0.39 is 9.84 Å². The summed E-state index contributed by atoms with van der Waals surface area (Å²) in [5.41, 5.74) is 0.917. The van der Waals surface area contributed by atoms with Crippen LogP contribution in [-0.4, -0.2) is 53.6 Å². The Balaban J connectivity index is 1.44. The number of hydrogen-bond acceptors (Lipinski definition) is 5. The van der Waals surface area contributed by atoms with Gasteiger partial charge in [-0.25, -0.2) is 13.4 Å². The summed E-state index contributed by atoms with van der Waals surface area (Å²) in [6.45, 7) is 0. The van der Waals surface area contributed by atoms with Crippen LogP contribution in [0.4, 0.5) is 0 Å². The van der Waals surface area contributed by atoms with Crippen molar-refractivity contribution in [3.05, 3.63) is 36.4 Å². The highest BCUT2D eigenvalue weighted by Crippen LogP contribution is 2.33. The first-order chi connectivity index (χ1) is 12.0. The second-order valence-corrected chi connectivity index (χ2v) is 9.94. The molecule has 0 N–H and O–H groups in total. The third-order valence-electron chi connectivity index (χ3n) is 4.75. The van der Waals surface area contributed by atoms with Crippen molar-refractivity contribution in [2.45, 2.75) is 36.4 Å². The van der Waals surface area contributed by atoms with E-state index in [-0.39, 0.29) is 29.5 Å². The van der Waals surface area contributed by atoms with E-state index in [1.165, 1.54) is 11.8 Å². The number of pyridine rings is 1. The monoisotopic (exact) mass is 376 g/mol. The normalized spacial score (nSPS) is 22.2. The highest BCUT2D eigenvalue weighted by Gasteiger charge is 2.41. The van der Waals surface area contributed by atoms with Crippen molar-refractivity contribution in [3.63, 3.8) is 0 Å². The second kappa shape index (κ2) is 6.61. The zero-order chi connectivity index (χ0) is 17.4. The Morgan fingerprint density at radius 1 is 1.12 bits per heavy atom. The van der Waals surface area contributed by atoms with E-state index in [0.717, 1.165) is 28.8 Å². The van der Waals surface area contributed by atoms with Gasteiger partial charge in [0.05, 0.1) is 27.8 Å². The summed E-state index contributed by atoms with van der Waals surface area (Å²) in [6.07, 6.45) is 2.55. The number of carbonyl (C=O) groups is 1. The topological polar surface area (TPSA) is 67.3 Å². The maximum Gasteiger partial charge on any atom is 0.233 e. The molecule has 0 unspecified atom stereocenters. The number of aromatic nitrogens is 1. The SMILES string of the molecule is O=C(CSc1ccc2ccccc2n1)N(C1CC1)[C@@H]1CCS(=O)(=O)C1. The molecule has 1 saturated carbocycles. The second-order valence-electron chi connectivity index (χ2n) is 6.72. The zero-order valence-electron chi connectivity index (χ0n) is 13.8. The Morgan fingerprint density at radius 2 is 1.92 bits per heavy atom. The van der Waals surface area contributed by atoms with Crippen molar-refractivity contribution in [2.75, 3.05) is 17.3 Å². The van der Waals surface area contributed by atoms with Crippen LogP contribution in [0.25, 0.3) is 10.9 Å². The molecule has 1 amide bonds. The largest absolute Gasteiger partial charge is 0.335 e. The van der Waals surface area contributed by atoms with E-state index in [0.29, 0.717) is 12.2 Å². The first-order valence-electron chi connectivity index (χ1n) is 8.52. The van der Waals surface area contributed by atoms with Gasteiger partial charge < -0.3 is 4.90 Å². The molecule has 0 bridgehead atoms. The maximum absolute atomic E-state index is 12.7. The number of fused-ring (bicyclic) bond motifs is 1. The van der Waals surface area contributed by atoms with E-state index in [2.05, 4.69) is 4.98 Å². The van der Waals surface area contributed by atoms with Gasteiger partial charge in [-0.15, -0.1) is 0 Å². The lowest BCUT2D eigenvalue weighted by molar-refractivity contribution is -0.130. The number of thioether (sulfide) groups is 1. The summed E-state index contributed by atoms with van der Waals surface area (Å²) >= 11 is 1.42. The molecule has 1 saturated heterocycles. The highest BCUT2D eigenvalue weighted by molar-refractivity contribution is 7.99. The van der Waals surface area contributed by atoms with Crippen molar-refractivity contribution in [1.82, 2.24) is 9.88 Å². The Morgan fingerprint density at radius 3 is 2.64 bits per heavy atom. The van der Waals surface area contributed by atoms with Gasteiger partial charge in [0.25, 0.3) is 0 Å². The molecule has 2 aliphatic rings. The molecule has 1 aromatic heterocycles. The van der Waals surface area contributed by atoms with E-state index >= 15 is 0 Å². The lowest BCUT2D eigenvalue weighted by Gasteiger charge is -2.28. The standard InChI is InChI=1S/C18H20N2O3S2/c21-18(20(14-6-7-14)15-9-10-25(22,23)12-15)11-24-17-8-5-13-3-1-2-4-16(13)19-17/h1-5,8,14-15H,6-7,9-12H2/t15-/m1/s1. The Bertz CT molecular complexity index is 909. The molecule has 2 fully saturated rings. The van der Waals surface area contributed by atoms with Gasteiger partial charge in [-0.05, 0) is 31.4 Å². The molecule has 0 spiro atoms. The number of carbonyl (C=O) groups excluding carboxylic acids is 1. The van der Waals surface area contributed by atoms with Crippen LogP contribution >= 0.6 is 11.8 Å². The van der Waals surface area contributed by atoms with Crippen molar-refractivity contribution < 1.29 is 13.2 Å². The Hall–Kier alpha value is -1.60. The molecule has 132 valence electrons. The fourth-order valence-electron chi connectivity index (χ4n) is 3.39. The summed E-state index contributed by atoms with van der Waals surface area (Å²) in [4.78, 5) is 19.2. The van der Waals surface area contributed by atoms with Crippen LogP contribution in [-0.2, 0) is 14.6 Å². The quantitative estimate of drug-likeness (QED) is 0.750. The fourth-order valence-corrected chi connectivity index (χ4v) is 5.85. The summed E-state index contributed by atoms with van der Waals surface area (Å²) in [5.74, 6) is 0.657. The van der Waals surface area contributed by atoms with Crippen LogP contribution in [0.5, 0.6) is 0 Å². The van der Waals surface area contributed by atoms with Crippen LogP contribution < -0.4 is 0 Å². The van der Waals surface area contributed by atoms with Gasteiger partial charge in [0, 0.05) is 17.5 Å². The number of benzene rings is 1. The Kier molecular flexibility index (Phi) is 4.45. The van der Waals surface area contributed by atoms with Crippen LogP contribution in [0, 0.1) is 0 Å². The number of nitrogens with zero attached hydrogens (tertiary/aromatic N) is 2. The Labute approximate surface area is 151 Å². The van der Waals surface area contributed by atoms with E-state index in [1.807, 2.05) is 41.3 Å². The minimum Gasteiger partial charge on any atom is -0.335 e. The molecule has 7 heteroatoms. The first-order valence-corrected chi connectivity index (χ1v) is 11.3. The van der Waals surface area contributed by atoms with Crippen molar-refractivity contribution in [3.8, 4) is 0 Å². The minimum absolute atomic E-state index is 0.0320. The average molecular weight is 377 g/mol. The molecule has 1 aliphatic heterocycles. The molecule has 25 heavy (non-hydrogen) atoms. The number of hydrogen-bond donors (Lipinski definition) is 0. The molecular formula is C18H20N2O3S2. The summed E-state index contributed by atoms with van der Waals surface area (Å²) in [7, 11) is -2.98. The van der Waals surface area contributed by atoms with Crippen molar-refractivity contribution in [1.29, 1.82) is 0 Å². The number of para-hydroxylation sites is 1. The molecule has 4 rings (SSSR count). The van der Waals surface area contributed by atoms with Gasteiger partial charge in [0.1, 0.15) is 0 Å². The van der Waals surface area contributed by atoms with Crippen LogP contribution in [0.3, 0.4) is 0 Å². The van der Waals surface area contributed by atoms with Gasteiger partial charge in [0.2, 0.25) is 5.91 Å². The van der Waals surface area contributed by atoms with Gasteiger partial charge in [0.15, 0.2) is 9.84 Å². The van der Waals surface area contributed by atoms with E-state index in [9.17, 15) is 13.2 Å². The van der Waals surface area contributed by atoms with Gasteiger partial charge in [-0.3, -0.25) is 4.79 Å². The maximum atomic E-state index is 12.7. The van der Waals surface area contributed by atoms with Gasteiger partial charge in [-0.2, -0.15) is 0 Å². The third-order valence-corrected chi connectivity index (χ3v) is 7.41. The first kappa shape index (κ1) is 16.8. The van der Waals surface area contributed by atoms with E-state index in [1.54, 1.807) is 0 Å². The fraction of sp³-hybridized carbons (Fsp3) is 0.444. The molecule has 5 nitrogen and oxygen atoms in total. The molecule has 0 radical (unpaired) electrons. The lowest BCUT2D eigenvalue weighted by Crippen LogP contribution is -2.43. The molecule has 1 aromatic carbocycles. The number of amides is 1. The minimum atomic E-state index is -2.98. The van der Waals surface area contributed by atoms with Gasteiger partial charge in [-0.1, -0.05) is 36.0 Å². The molecule has 2 aromatic rings. The summed E-state index contributed by atoms with van der Waals surface area (Å²) in [6, 6.07) is 11.9. The lowest BCUT2D eigenvalue weighted by atomic mass is 10.2. The van der Waals surface area contributed by atoms with Gasteiger partial charge >= 0.3 is 0 Å². The average Bonchev–Trinajstić information content (AvgIpc) is 3.36. The number of sulfone groups is 1. The summed E-state index contributed by atoms with van der Waals surface area (Å²) < 4.78 is 23.5. The van der Waals surface area contributed by atoms with Crippen molar-refractivity contribution >= 4 is 38.4 Å². The van der Waals surface area contributed by atoms with Crippen LogP contribution in [0.1, 0.15) is 19.3 Å². The number of rotatable bonds is 5. The molecule has 1 atom stereocenters. The molecule has 2 heterocycles. The predicted molar refractivity (Wildman–Crippen MR) is 99.4 cm³/mol. The zero-order valence-corrected chi connectivity index (χ0v) is 15.4. The molecular weight excluding hydrogens is 356 g/mol. The summed E-state index contributed by atoms with van der Waals surface area (Å²) in [5, 5.41) is 1.90.